The molecule has 0 saturated carbocycles. The Labute approximate surface area is 98.8 Å². The first-order valence-corrected chi connectivity index (χ1v) is 5.82. The minimum atomic E-state index is 0.105. The van der Waals surface area contributed by atoms with Crippen molar-refractivity contribution in [2.45, 2.75) is 45.8 Å². The van der Waals surface area contributed by atoms with E-state index in [2.05, 4.69) is 45.0 Å². The van der Waals surface area contributed by atoms with Crippen LogP contribution in [0.2, 0.25) is 0 Å². The van der Waals surface area contributed by atoms with Crippen LogP contribution in [0.15, 0.2) is 24.3 Å². The fourth-order valence-corrected chi connectivity index (χ4v) is 1.46. The van der Waals surface area contributed by atoms with Gasteiger partial charge in [0.15, 0.2) is 0 Å². The highest BCUT2D eigenvalue weighted by Crippen LogP contribution is 2.22. The molecular formula is C14H23NO. The van der Waals surface area contributed by atoms with Gasteiger partial charge in [-0.15, -0.1) is 0 Å². The van der Waals surface area contributed by atoms with Crippen molar-refractivity contribution in [2.24, 2.45) is 5.73 Å². The molecule has 0 spiro atoms. The van der Waals surface area contributed by atoms with E-state index in [4.69, 9.17) is 10.5 Å². The van der Waals surface area contributed by atoms with Crippen molar-refractivity contribution in [3.8, 4) is 0 Å². The quantitative estimate of drug-likeness (QED) is 0.848. The van der Waals surface area contributed by atoms with Crippen molar-refractivity contribution in [3.63, 3.8) is 0 Å². The molecule has 2 nitrogen and oxygen atoms in total. The van der Waals surface area contributed by atoms with Crippen LogP contribution >= 0.6 is 0 Å². The van der Waals surface area contributed by atoms with E-state index in [9.17, 15) is 0 Å². The SMILES string of the molecule is C[C@H](N)COCc1ccc(C(C)(C)C)cc1. The second-order valence-electron chi connectivity index (χ2n) is 5.44. The van der Waals surface area contributed by atoms with Gasteiger partial charge >= 0.3 is 0 Å². The van der Waals surface area contributed by atoms with Crippen LogP contribution < -0.4 is 5.73 Å². The predicted molar refractivity (Wildman–Crippen MR) is 68.4 cm³/mol. The number of hydrogen-bond donors (Lipinski definition) is 1. The van der Waals surface area contributed by atoms with Crippen LogP contribution in [0.3, 0.4) is 0 Å². The molecule has 0 fully saturated rings. The Balaban J connectivity index is 2.52. The number of nitrogens with two attached hydrogens (primary N) is 1. The molecule has 0 unspecified atom stereocenters. The molecule has 1 rings (SSSR count). The van der Waals surface area contributed by atoms with Gasteiger partial charge in [0.25, 0.3) is 0 Å². The van der Waals surface area contributed by atoms with Crippen molar-refractivity contribution < 1.29 is 4.74 Å². The molecular weight excluding hydrogens is 198 g/mol. The first-order chi connectivity index (χ1) is 7.39. The molecule has 0 saturated heterocycles. The minimum Gasteiger partial charge on any atom is -0.375 e. The molecule has 1 atom stereocenters. The maximum absolute atomic E-state index is 5.61. The normalized spacial score (nSPS) is 13.8. The van der Waals surface area contributed by atoms with E-state index >= 15 is 0 Å². The van der Waals surface area contributed by atoms with Crippen molar-refractivity contribution in [2.75, 3.05) is 6.61 Å². The molecule has 0 bridgehead atoms. The second kappa shape index (κ2) is 5.46. The molecule has 2 heteroatoms. The Kier molecular flexibility index (Phi) is 4.51. The van der Waals surface area contributed by atoms with Gasteiger partial charge in [0.2, 0.25) is 0 Å². The predicted octanol–water partition coefficient (Wildman–Crippen LogP) is 2.85. The molecule has 0 aliphatic heterocycles. The third kappa shape index (κ3) is 4.33. The lowest BCUT2D eigenvalue weighted by molar-refractivity contribution is 0.111. The highest BCUT2D eigenvalue weighted by atomic mass is 16.5. The van der Waals surface area contributed by atoms with Gasteiger partial charge < -0.3 is 10.5 Å². The summed E-state index contributed by atoms with van der Waals surface area (Å²) in [6, 6.07) is 8.70. The zero-order valence-electron chi connectivity index (χ0n) is 10.8. The summed E-state index contributed by atoms with van der Waals surface area (Å²) in [6.07, 6.45) is 0. The van der Waals surface area contributed by atoms with Gasteiger partial charge in [0, 0.05) is 6.04 Å². The summed E-state index contributed by atoms with van der Waals surface area (Å²) in [7, 11) is 0. The lowest BCUT2D eigenvalue weighted by atomic mass is 9.87. The van der Waals surface area contributed by atoms with Gasteiger partial charge in [-0.3, -0.25) is 0 Å². The van der Waals surface area contributed by atoms with E-state index in [0.717, 1.165) is 0 Å². The number of hydrogen-bond acceptors (Lipinski definition) is 2. The largest absolute Gasteiger partial charge is 0.375 e. The van der Waals surface area contributed by atoms with Gasteiger partial charge in [-0.05, 0) is 23.5 Å². The maximum Gasteiger partial charge on any atom is 0.0717 e. The lowest BCUT2D eigenvalue weighted by Crippen LogP contribution is -2.21. The summed E-state index contributed by atoms with van der Waals surface area (Å²) in [5, 5.41) is 0. The first-order valence-electron chi connectivity index (χ1n) is 5.82. The molecule has 0 aliphatic rings. The maximum atomic E-state index is 5.61. The van der Waals surface area contributed by atoms with Crippen molar-refractivity contribution in [3.05, 3.63) is 35.4 Å². The second-order valence-corrected chi connectivity index (χ2v) is 5.44. The minimum absolute atomic E-state index is 0.105. The number of ether oxygens (including phenoxy) is 1. The van der Waals surface area contributed by atoms with Crippen molar-refractivity contribution in [1.29, 1.82) is 0 Å². The first kappa shape index (κ1) is 13.2. The number of rotatable bonds is 4. The van der Waals surface area contributed by atoms with Crippen molar-refractivity contribution >= 4 is 0 Å². The monoisotopic (exact) mass is 221 g/mol. The Morgan fingerprint density at radius 3 is 2.19 bits per heavy atom. The Hall–Kier alpha value is -0.860. The van der Waals surface area contributed by atoms with Gasteiger partial charge in [-0.1, -0.05) is 45.0 Å². The van der Waals surface area contributed by atoms with Gasteiger partial charge in [-0.25, -0.2) is 0 Å². The third-order valence-corrected chi connectivity index (χ3v) is 2.47. The van der Waals surface area contributed by atoms with E-state index in [-0.39, 0.29) is 11.5 Å². The average Bonchev–Trinajstić information content (AvgIpc) is 2.16. The fourth-order valence-electron chi connectivity index (χ4n) is 1.46. The van der Waals surface area contributed by atoms with E-state index < -0.39 is 0 Å². The van der Waals surface area contributed by atoms with Crippen LogP contribution in [0.1, 0.15) is 38.8 Å². The van der Waals surface area contributed by atoms with Gasteiger partial charge in [0.1, 0.15) is 0 Å². The number of benzene rings is 1. The van der Waals surface area contributed by atoms with E-state index in [1.165, 1.54) is 11.1 Å². The standard InChI is InChI=1S/C14H23NO/c1-11(15)9-16-10-12-5-7-13(8-6-12)14(2,3)4/h5-8,11H,9-10,15H2,1-4H3/t11-/m0/s1. The zero-order valence-corrected chi connectivity index (χ0v) is 10.8. The van der Waals surface area contributed by atoms with Gasteiger partial charge in [0.05, 0.1) is 13.2 Å². The summed E-state index contributed by atoms with van der Waals surface area (Å²) in [5.41, 5.74) is 8.38. The van der Waals surface area contributed by atoms with Crippen molar-refractivity contribution in [1.82, 2.24) is 0 Å². The Bertz CT molecular complexity index is 309. The molecule has 1 aromatic rings. The highest BCUT2D eigenvalue weighted by Gasteiger charge is 2.12. The summed E-state index contributed by atoms with van der Waals surface area (Å²) in [5.74, 6) is 0. The highest BCUT2D eigenvalue weighted by molar-refractivity contribution is 5.27. The van der Waals surface area contributed by atoms with E-state index in [1.807, 2.05) is 6.92 Å². The van der Waals surface area contributed by atoms with Crippen LogP contribution in [0.5, 0.6) is 0 Å². The van der Waals surface area contributed by atoms with Gasteiger partial charge in [-0.2, -0.15) is 0 Å². The lowest BCUT2D eigenvalue weighted by Gasteiger charge is -2.19. The molecule has 0 amide bonds. The van der Waals surface area contributed by atoms with Crippen LogP contribution in [-0.4, -0.2) is 12.6 Å². The summed E-state index contributed by atoms with van der Waals surface area (Å²) < 4.78 is 5.48. The van der Waals surface area contributed by atoms with E-state index in [0.29, 0.717) is 13.2 Å². The molecule has 0 radical (unpaired) electrons. The molecule has 0 heterocycles. The smallest absolute Gasteiger partial charge is 0.0717 e. The van der Waals surface area contributed by atoms with Crippen LogP contribution in [0, 0.1) is 0 Å². The average molecular weight is 221 g/mol. The summed E-state index contributed by atoms with van der Waals surface area (Å²) in [4.78, 5) is 0. The zero-order chi connectivity index (χ0) is 12.2. The third-order valence-electron chi connectivity index (χ3n) is 2.47. The molecule has 0 aromatic heterocycles. The fraction of sp³-hybridized carbons (Fsp3) is 0.571. The molecule has 2 N–H and O–H groups in total. The molecule has 16 heavy (non-hydrogen) atoms. The van der Waals surface area contributed by atoms with Crippen LogP contribution in [-0.2, 0) is 16.8 Å². The van der Waals surface area contributed by atoms with E-state index in [1.54, 1.807) is 0 Å². The van der Waals surface area contributed by atoms with Crippen LogP contribution in [0.25, 0.3) is 0 Å². The molecule has 1 aromatic carbocycles. The Morgan fingerprint density at radius 2 is 1.75 bits per heavy atom. The van der Waals surface area contributed by atoms with Crippen LogP contribution in [0.4, 0.5) is 0 Å². The molecule has 0 aliphatic carbocycles. The topological polar surface area (TPSA) is 35.2 Å². The summed E-state index contributed by atoms with van der Waals surface area (Å²) >= 11 is 0. The Morgan fingerprint density at radius 1 is 1.19 bits per heavy atom. The molecule has 90 valence electrons. The summed E-state index contributed by atoms with van der Waals surface area (Å²) in [6.45, 7) is 9.85.